The average Bonchev–Trinajstić information content (AvgIpc) is 2.68. The number of hydrogen-bond donors (Lipinski definition) is 1. The molecule has 1 heterocycles. The van der Waals surface area contributed by atoms with Gasteiger partial charge < -0.3 is 9.80 Å². The Morgan fingerprint density at radius 3 is 2.46 bits per heavy atom. The van der Waals surface area contributed by atoms with Gasteiger partial charge in [-0.2, -0.15) is 0 Å². The summed E-state index contributed by atoms with van der Waals surface area (Å²) < 4.78 is 0. The molecule has 1 aliphatic rings. The molecule has 2 aromatic rings. The Morgan fingerprint density at radius 1 is 1.18 bits per heavy atom. The number of nitro benzene ring substituents is 1. The van der Waals surface area contributed by atoms with Gasteiger partial charge in [-0.15, -0.1) is 0 Å². The number of halogens is 1. The Kier molecular flexibility index (Phi) is 6.11. The van der Waals surface area contributed by atoms with Crippen LogP contribution < -0.4 is 10.2 Å². The Balaban J connectivity index is 1.59. The molecule has 0 unspecified atom stereocenters. The second kappa shape index (κ2) is 8.53. The van der Waals surface area contributed by atoms with Crippen LogP contribution in [0.15, 0.2) is 42.5 Å². The Bertz CT molecular complexity index is 929. The number of nitro groups is 1. The van der Waals surface area contributed by atoms with Crippen molar-refractivity contribution < 1.29 is 9.72 Å². The first-order valence-electron chi connectivity index (χ1n) is 8.71. The summed E-state index contributed by atoms with van der Waals surface area (Å²) in [4.78, 5) is 26.8. The number of thiocarbonyl (C=S) groups is 1. The van der Waals surface area contributed by atoms with Gasteiger partial charge in [-0.3, -0.25) is 20.2 Å². The number of non-ortho nitro benzene ring substituents is 1. The Labute approximate surface area is 173 Å². The third-order valence-corrected chi connectivity index (χ3v) is 5.32. The topological polar surface area (TPSA) is 78.7 Å². The van der Waals surface area contributed by atoms with Gasteiger partial charge in [-0.25, -0.2) is 0 Å². The summed E-state index contributed by atoms with van der Waals surface area (Å²) in [6.45, 7) is 4.38. The van der Waals surface area contributed by atoms with Gasteiger partial charge in [-0.05, 0) is 36.8 Å². The number of aryl methyl sites for hydroxylation is 1. The van der Waals surface area contributed by atoms with E-state index in [9.17, 15) is 14.9 Å². The quantitative estimate of drug-likeness (QED) is 0.467. The van der Waals surface area contributed by atoms with Crippen molar-refractivity contribution in [3.63, 3.8) is 0 Å². The lowest BCUT2D eigenvalue weighted by atomic mass is 10.1. The molecule has 1 N–H and O–H groups in total. The minimum absolute atomic E-state index is 0.0347. The molecule has 0 spiro atoms. The van der Waals surface area contributed by atoms with Gasteiger partial charge >= 0.3 is 0 Å². The third-order valence-electron chi connectivity index (χ3n) is 4.66. The van der Waals surface area contributed by atoms with Gasteiger partial charge in [-0.1, -0.05) is 29.8 Å². The van der Waals surface area contributed by atoms with E-state index in [1.54, 1.807) is 12.1 Å². The molecule has 0 bridgehead atoms. The van der Waals surface area contributed by atoms with Crippen LogP contribution in [0.2, 0.25) is 5.02 Å². The van der Waals surface area contributed by atoms with Crippen molar-refractivity contribution in [3.8, 4) is 0 Å². The van der Waals surface area contributed by atoms with Crippen molar-refractivity contribution in [1.29, 1.82) is 0 Å². The predicted octanol–water partition coefficient (Wildman–Crippen LogP) is 3.39. The van der Waals surface area contributed by atoms with E-state index < -0.39 is 4.92 Å². The van der Waals surface area contributed by atoms with Crippen LogP contribution in [0, 0.1) is 17.0 Å². The van der Waals surface area contributed by atoms with Gasteiger partial charge in [0.25, 0.3) is 11.6 Å². The maximum Gasteiger partial charge on any atom is 0.271 e. The van der Waals surface area contributed by atoms with E-state index in [-0.39, 0.29) is 11.6 Å². The Hall–Kier alpha value is -2.71. The number of carbonyl (C=O) groups is 1. The van der Waals surface area contributed by atoms with Crippen molar-refractivity contribution in [2.45, 2.75) is 6.92 Å². The zero-order chi connectivity index (χ0) is 20.3. The van der Waals surface area contributed by atoms with Crippen molar-refractivity contribution >= 4 is 46.2 Å². The summed E-state index contributed by atoms with van der Waals surface area (Å²) >= 11 is 11.6. The first-order chi connectivity index (χ1) is 13.4. The highest BCUT2D eigenvalue weighted by Gasteiger charge is 2.23. The molecule has 28 heavy (non-hydrogen) atoms. The number of carbonyl (C=O) groups excluding carboxylic acids is 1. The van der Waals surface area contributed by atoms with Gasteiger partial charge in [0.15, 0.2) is 5.11 Å². The van der Waals surface area contributed by atoms with Crippen LogP contribution in [0.1, 0.15) is 15.9 Å². The molecular weight excluding hydrogens is 400 g/mol. The number of amides is 1. The largest absolute Gasteiger partial charge is 0.367 e. The summed E-state index contributed by atoms with van der Waals surface area (Å²) in [5.41, 5.74) is 2.20. The van der Waals surface area contributed by atoms with Crippen LogP contribution in [-0.2, 0) is 0 Å². The minimum Gasteiger partial charge on any atom is -0.367 e. The van der Waals surface area contributed by atoms with E-state index in [4.69, 9.17) is 23.8 Å². The smallest absolute Gasteiger partial charge is 0.271 e. The molecule has 1 amide bonds. The summed E-state index contributed by atoms with van der Waals surface area (Å²) in [7, 11) is 0. The SMILES string of the molecule is Cc1ccccc1C(=O)NC(=S)N1CCN(c2ccc([N+](=O)[O-])cc2Cl)CC1. The van der Waals surface area contributed by atoms with E-state index in [1.165, 1.54) is 12.1 Å². The lowest BCUT2D eigenvalue weighted by Crippen LogP contribution is -2.52. The van der Waals surface area contributed by atoms with Gasteiger partial charge in [0.2, 0.25) is 0 Å². The normalized spacial score (nSPS) is 13.9. The fourth-order valence-corrected chi connectivity index (χ4v) is 3.66. The molecule has 146 valence electrons. The Morgan fingerprint density at radius 2 is 1.86 bits per heavy atom. The van der Waals surface area contributed by atoms with Crippen molar-refractivity contribution in [2.24, 2.45) is 0 Å². The second-order valence-corrected chi connectivity index (χ2v) is 7.24. The van der Waals surface area contributed by atoms with E-state index in [0.29, 0.717) is 41.9 Å². The fourth-order valence-electron chi connectivity index (χ4n) is 3.09. The number of rotatable bonds is 3. The molecule has 3 rings (SSSR count). The predicted molar refractivity (Wildman–Crippen MR) is 113 cm³/mol. The van der Waals surface area contributed by atoms with Crippen LogP contribution in [0.25, 0.3) is 0 Å². The zero-order valence-electron chi connectivity index (χ0n) is 15.2. The monoisotopic (exact) mass is 418 g/mol. The lowest BCUT2D eigenvalue weighted by molar-refractivity contribution is -0.384. The van der Waals surface area contributed by atoms with Crippen LogP contribution in [0.5, 0.6) is 0 Å². The van der Waals surface area contributed by atoms with Crippen LogP contribution in [-0.4, -0.2) is 47.0 Å². The van der Waals surface area contributed by atoms with Crippen LogP contribution in [0.3, 0.4) is 0 Å². The first kappa shape index (κ1) is 20.0. The molecule has 0 saturated carbocycles. The highest BCUT2D eigenvalue weighted by atomic mass is 35.5. The average molecular weight is 419 g/mol. The maximum atomic E-state index is 12.4. The molecule has 0 aromatic heterocycles. The van der Waals surface area contributed by atoms with Gasteiger partial charge in [0.05, 0.1) is 15.6 Å². The van der Waals surface area contributed by atoms with Gasteiger partial charge in [0, 0.05) is 43.9 Å². The van der Waals surface area contributed by atoms with Crippen LogP contribution >= 0.6 is 23.8 Å². The van der Waals surface area contributed by atoms with Crippen molar-refractivity contribution in [2.75, 3.05) is 31.1 Å². The molecule has 2 aromatic carbocycles. The molecule has 0 atom stereocenters. The number of anilines is 1. The number of nitrogens with zero attached hydrogens (tertiary/aromatic N) is 3. The van der Waals surface area contributed by atoms with Crippen molar-refractivity contribution in [3.05, 3.63) is 68.7 Å². The number of benzene rings is 2. The number of hydrogen-bond acceptors (Lipinski definition) is 5. The zero-order valence-corrected chi connectivity index (χ0v) is 16.8. The summed E-state index contributed by atoms with van der Waals surface area (Å²) in [5, 5.41) is 14.4. The number of piperazine rings is 1. The maximum absolute atomic E-state index is 12.4. The third kappa shape index (κ3) is 4.40. The molecule has 0 aliphatic carbocycles. The van der Waals surface area contributed by atoms with Crippen LogP contribution in [0.4, 0.5) is 11.4 Å². The number of nitrogens with one attached hydrogen (secondary N) is 1. The first-order valence-corrected chi connectivity index (χ1v) is 9.50. The van der Waals surface area contributed by atoms with E-state index in [0.717, 1.165) is 11.3 Å². The van der Waals surface area contributed by atoms with E-state index >= 15 is 0 Å². The van der Waals surface area contributed by atoms with Crippen molar-refractivity contribution in [1.82, 2.24) is 10.2 Å². The summed E-state index contributed by atoms with van der Waals surface area (Å²) in [5.74, 6) is -0.219. The molecule has 1 saturated heterocycles. The lowest BCUT2D eigenvalue weighted by Gasteiger charge is -2.37. The standard InChI is InChI=1S/C19H19ClN4O3S/c1-13-4-2-3-5-15(13)18(25)21-19(28)23-10-8-22(9-11-23)17-7-6-14(24(26)27)12-16(17)20/h2-7,12H,8-11H2,1H3,(H,21,25,28). The molecule has 0 radical (unpaired) electrons. The van der Waals surface area contributed by atoms with E-state index in [2.05, 4.69) is 5.32 Å². The summed E-state index contributed by atoms with van der Waals surface area (Å²) in [6.07, 6.45) is 0. The molecule has 1 fully saturated rings. The summed E-state index contributed by atoms with van der Waals surface area (Å²) in [6, 6.07) is 11.8. The highest BCUT2D eigenvalue weighted by Crippen LogP contribution is 2.30. The van der Waals surface area contributed by atoms with Gasteiger partial charge in [0.1, 0.15) is 0 Å². The fraction of sp³-hybridized carbons (Fsp3) is 0.263. The second-order valence-electron chi connectivity index (χ2n) is 6.44. The molecule has 7 nitrogen and oxygen atoms in total. The minimum atomic E-state index is -0.469. The molecule has 1 aliphatic heterocycles. The highest BCUT2D eigenvalue weighted by molar-refractivity contribution is 7.80. The van der Waals surface area contributed by atoms with E-state index in [1.807, 2.05) is 34.9 Å². The molecule has 9 heteroatoms. The molecular formula is C19H19ClN4O3S.